The highest BCUT2D eigenvalue weighted by atomic mass is 16.3. The Kier molecular flexibility index (Phi) is 4.41. The molecule has 1 aromatic rings. The van der Waals surface area contributed by atoms with E-state index in [0.717, 1.165) is 45.3 Å². The average molecular weight is 247 g/mol. The van der Waals surface area contributed by atoms with E-state index < -0.39 is 5.60 Å². The second-order valence-corrected chi connectivity index (χ2v) is 5.48. The van der Waals surface area contributed by atoms with Gasteiger partial charge in [0.15, 0.2) is 0 Å². The van der Waals surface area contributed by atoms with Crippen LogP contribution in [0.2, 0.25) is 0 Å². The summed E-state index contributed by atoms with van der Waals surface area (Å²) in [7, 11) is 0. The quantitative estimate of drug-likeness (QED) is 0.884. The summed E-state index contributed by atoms with van der Waals surface area (Å²) in [5.74, 6) is 0. The second kappa shape index (κ2) is 5.85. The van der Waals surface area contributed by atoms with Crippen molar-refractivity contribution in [3.05, 3.63) is 35.4 Å². The summed E-state index contributed by atoms with van der Waals surface area (Å²) in [6.07, 6.45) is 3.90. The number of hydrogen-bond acceptors (Lipinski definition) is 2. The van der Waals surface area contributed by atoms with Crippen LogP contribution in [0.5, 0.6) is 0 Å². The smallest absolute Gasteiger partial charge is 0.0768 e. The molecule has 2 heteroatoms. The van der Waals surface area contributed by atoms with Crippen molar-refractivity contribution in [1.29, 1.82) is 0 Å². The topological polar surface area (TPSA) is 23.5 Å². The minimum Gasteiger partial charge on any atom is -0.389 e. The van der Waals surface area contributed by atoms with Crippen molar-refractivity contribution in [3.63, 3.8) is 0 Å². The third kappa shape index (κ3) is 3.12. The van der Waals surface area contributed by atoms with Crippen LogP contribution in [0.15, 0.2) is 24.3 Å². The van der Waals surface area contributed by atoms with Gasteiger partial charge in [-0.05, 0) is 36.8 Å². The van der Waals surface area contributed by atoms with Crippen molar-refractivity contribution in [2.45, 2.75) is 45.1 Å². The molecule has 1 aliphatic rings. The fourth-order valence-electron chi connectivity index (χ4n) is 2.76. The molecular formula is C16H25NO. The fourth-order valence-corrected chi connectivity index (χ4v) is 2.76. The summed E-state index contributed by atoms with van der Waals surface area (Å²) in [6, 6.07) is 8.74. The summed E-state index contributed by atoms with van der Waals surface area (Å²) in [4.78, 5) is 2.42. The van der Waals surface area contributed by atoms with Crippen LogP contribution in [0, 0.1) is 0 Å². The number of aliphatic hydroxyl groups is 1. The van der Waals surface area contributed by atoms with Gasteiger partial charge in [-0.3, -0.25) is 4.90 Å². The van der Waals surface area contributed by atoms with Gasteiger partial charge in [-0.2, -0.15) is 0 Å². The Morgan fingerprint density at radius 2 is 1.56 bits per heavy atom. The molecule has 0 spiro atoms. The summed E-state index contributed by atoms with van der Waals surface area (Å²) >= 11 is 0. The maximum Gasteiger partial charge on any atom is 0.0768 e. The van der Waals surface area contributed by atoms with E-state index in [2.05, 4.69) is 43.0 Å². The van der Waals surface area contributed by atoms with Gasteiger partial charge in [-0.25, -0.2) is 0 Å². The average Bonchev–Trinajstić information content (AvgIpc) is 2.62. The van der Waals surface area contributed by atoms with Crippen molar-refractivity contribution in [3.8, 4) is 0 Å². The second-order valence-electron chi connectivity index (χ2n) is 5.48. The summed E-state index contributed by atoms with van der Waals surface area (Å²) in [5, 5.41) is 10.4. The number of β-amino-alcohol motifs (C(OH)–C–C–N with tert-alkyl or cyclic N) is 1. The Morgan fingerprint density at radius 1 is 1.06 bits per heavy atom. The van der Waals surface area contributed by atoms with E-state index in [1.165, 1.54) is 11.1 Å². The van der Waals surface area contributed by atoms with Crippen LogP contribution in [0.3, 0.4) is 0 Å². The van der Waals surface area contributed by atoms with Gasteiger partial charge in [0.25, 0.3) is 0 Å². The molecule has 0 aliphatic carbocycles. The summed E-state index contributed by atoms with van der Waals surface area (Å²) in [5.41, 5.74) is 2.46. The lowest BCUT2D eigenvalue weighted by atomic mass is 9.96. The van der Waals surface area contributed by atoms with E-state index in [1.54, 1.807) is 0 Å². The monoisotopic (exact) mass is 247 g/mol. The number of nitrogens with zero attached hydrogens (tertiary/aromatic N) is 1. The molecule has 1 aromatic carbocycles. The van der Waals surface area contributed by atoms with Crippen LogP contribution in [0.4, 0.5) is 0 Å². The SMILES string of the molecule is CCC(O)(CC)CN1CCc2ccccc2CC1. The maximum atomic E-state index is 10.4. The molecule has 0 fully saturated rings. The molecule has 0 amide bonds. The van der Waals surface area contributed by atoms with Crippen molar-refractivity contribution in [1.82, 2.24) is 4.90 Å². The minimum atomic E-state index is -0.503. The van der Waals surface area contributed by atoms with Gasteiger partial charge in [0.2, 0.25) is 0 Å². The first kappa shape index (κ1) is 13.6. The molecule has 2 rings (SSSR count). The summed E-state index contributed by atoms with van der Waals surface area (Å²) in [6.45, 7) is 7.11. The standard InChI is InChI=1S/C16H25NO/c1-3-16(18,4-2)13-17-11-9-14-7-5-6-8-15(14)10-12-17/h5-8,18H,3-4,9-13H2,1-2H3. The van der Waals surface area contributed by atoms with Crippen molar-refractivity contribution < 1.29 is 5.11 Å². The maximum absolute atomic E-state index is 10.4. The van der Waals surface area contributed by atoms with E-state index in [9.17, 15) is 5.11 Å². The first-order chi connectivity index (χ1) is 8.67. The van der Waals surface area contributed by atoms with E-state index in [-0.39, 0.29) is 0 Å². The lowest BCUT2D eigenvalue weighted by molar-refractivity contribution is -0.00233. The molecule has 0 saturated carbocycles. The van der Waals surface area contributed by atoms with Gasteiger partial charge >= 0.3 is 0 Å². The zero-order valence-electron chi connectivity index (χ0n) is 11.7. The molecule has 100 valence electrons. The highest BCUT2D eigenvalue weighted by Gasteiger charge is 2.26. The molecular weight excluding hydrogens is 222 g/mol. The van der Waals surface area contributed by atoms with Crippen LogP contribution >= 0.6 is 0 Å². The largest absolute Gasteiger partial charge is 0.389 e. The lowest BCUT2D eigenvalue weighted by Gasteiger charge is -2.32. The number of benzene rings is 1. The first-order valence-corrected chi connectivity index (χ1v) is 7.18. The van der Waals surface area contributed by atoms with Gasteiger partial charge in [-0.1, -0.05) is 38.1 Å². The van der Waals surface area contributed by atoms with Gasteiger partial charge in [0, 0.05) is 19.6 Å². The van der Waals surface area contributed by atoms with Crippen molar-refractivity contribution >= 4 is 0 Å². The molecule has 0 saturated heterocycles. The molecule has 18 heavy (non-hydrogen) atoms. The predicted molar refractivity (Wildman–Crippen MR) is 75.8 cm³/mol. The third-order valence-corrected chi connectivity index (χ3v) is 4.35. The van der Waals surface area contributed by atoms with Gasteiger partial charge in [0.05, 0.1) is 5.60 Å². The molecule has 1 aliphatic heterocycles. The highest BCUT2D eigenvalue weighted by molar-refractivity contribution is 5.28. The van der Waals surface area contributed by atoms with Crippen molar-refractivity contribution in [2.75, 3.05) is 19.6 Å². The van der Waals surface area contributed by atoms with E-state index in [4.69, 9.17) is 0 Å². The van der Waals surface area contributed by atoms with E-state index in [1.807, 2.05) is 0 Å². The Hall–Kier alpha value is -0.860. The molecule has 0 radical (unpaired) electrons. The molecule has 0 unspecified atom stereocenters. The van der Waals surface area contributed by atoms with Gasteiger partial charge < -0.3 is 5.11 Å². The lowest BCUT2D eigenvalue weighted by Crippen LogP contribution is -2.43. The predicted octanol–water partition coefficient (Wildman–Crippen LogP) is 2.64. The molecule has 2 nitrogen and oxygen atoms in total. The van der Waals surface area contributed by atoms with E-state index >= 15 is 0 Å². The molecule has 1 heterocycles. The van der Waals surface area contributed by atoms with Crippen LogP contribution in [0.1, 0.15) is 37.8 Å². The summed E-state index contributed by atoms with van der Waals surface area (Å²) < 4.78 is 0. The zero-order valence-corrected chi connectivity index (χ0v) is 11.7. The van der Waals surface area contributed by atoms with Crippen LogP contribution < -0.4 is 0 Å². The first-order valence-electron chi connectivity index (χ1n) is 7.18. The van der Waals surface area contributed by atoms with Gasteiger partial charge in [-0.15, -0.1) is 0 Å². The Balaban J connectivity index is 2.00. The Bertz CT molecular complexity index is 357. The number of fused-ring (bicyclic) bond motifs is 1. The van der Waals surface area contributed by atoms with E-state index in [0.29, 0.717) is 0 Å². The molecule has 0 atom stereocenters. The Morgan fingerprint density at radius 3 is 2.00 bits per heavy atom. The Labute approximate surface area is 111 Å². The fraction of sp³-hybridized carbons (Fsp3) is 0.625. The van der Waals surface area contributed by atoms with Crippen LogP contribution in [-0.4, -0.2) is 35.2 Å². The number of hydrogen-bond donors (Lipinski definition) is 1. The van der Waals surface area contributed by atoms with Gasteiger partial charge in [0.1, 0.15) is 0 Å². The molecule has 0 bridgehead atoms. The zero-order chi connectivity index (χ0) is 13.0. The third-order valence-electron chi connectivity index (χ3n) is 4.35. The molecule has 0 aromatic heterocycles. The van der Waals surface area contributed by atoms with Crippen molar-refractivity contribution in [2.24, 2.45) is 0 Å². The minimum absolute atomic E-state index is 0.503. The number of rotatable bonds is 4. The molecule has 1 N–H and O–H groups in total. The van der Waals surface area contributed by atoms with Crippen LogP contribution in [-0.2, 0) is 12.8 Å². The highest BCUT2D eigenvalue weighted by Crippen LogP contribution is 2.20. The van der Waals surface area contributed by atoms with Crippen LogP contribution in [0.25, 0.3) is 0 Å². The normalized spacial score (nSPS) is 17.3.